The summed E-state index contributed by atoms with van der Waals surface area (Å²) in [7, 11) is 0. The Hall–Kier alpha value is -0.800. The normalized spacial score (nSPS) is 17.3. The average Bonchev–Trinajstić information content (AvgIpc) is 2.30. The number of nitrogens with zero attached hydrogens (tertiary/aromatic N) is 2. The molecule has 0 amide bonds. The second-order valence-electron chi connectivity index (χ2n) is 4.09. The first-order valence-electron chi connectivity index (χ1n) is 5.80. The van der Waals surface area contributed by atoms with Crippen LogP contribution in [0.1, 0.15) is 19.3 Å². The van der Waals surface area contributed by atoms with Gasteiger partial charge in [0, 0.05) is 18.8 Å². The van der Waals surface area contributed by atoms with Gasteiger partial charge in [-0.3, -0.25) is 9.88 Å². The zero-order valence-corrected chi connectivity index (χ0v) is 10.1. The summed E-state index contributed by atoms with van der Waals surface area (Å²) < 4.78 is 5.60. The van der Waals surface area contributed by atoms with Crippen LogP contribution in [-0.2, 0) is 0 Å². The topological polar surface area (TPSA) is 25.4 Å². The third kappa shape index (κ3) is 3.65. The van der Waals surface area contributed by atoms with E-state index in [0.717, 1.165) is 12.3 Å². The molecular formula is C12H17ClN2O. The Morgan fingerprint density at radius 2 is 2.06 bits per heavy atom. The molecule has 2 heterocycles. The summed E-state index contributed by atoms with van der Waals surface area (Å²) in [5.41, 5.74) is 0. The third-order valence-corrected chi connectivity index (χ3v) is 3.01. The van der Waals surface area contributed by atoms with E-state index in [1.807, 2.05) is 0 Å². The van der Waals surface area contributed by atoms with Crippen molar-refractivity contribution in [2.24, 2.45) is 0 Å². The second-order valence-corrected chi connectivity index (χ2v) is 4.53. The van der Waals surface area contributed by atoms with Crippen molar-refractivity contribution in [3.8, 4) is 5.75 Å². The Balaban J connectivity index is 1.71. The van der Waals surface area contributed by atoms with Crippen LogP contribution in [0.4, 0.5) is 0 Å². The number of likely N-dealkylation sites (tertiary alicyclic amines) is 1. The first-order valence-corrected chi connectivity index (χ1v) is 6.18. The fourth-order valence-corrected chi connectivity index (χ4v) is 2.11. The van der Waals surface area contributed by atoms with Crippen molar-refractivity contribution in [3.05, 3.63) is 23.5 Å². The van der Waals surface area contributed by atoms with Crippen molar-refractivity contribution >= 4 is 11.6 Å². The molecule has 0 unspecified atom stereocenters. The Bertz CT molecular complexity index is 327. The number of aromatic nitrogens is 1. The number of rotatable bonds is 4. The molecule has 0 bridgehead atoms. The smallest absolute Gasteiger partial charge is 0.139 e. The van der Waals surface area contributed by atoms with E-state index in [2.05, 4.69) is 9.88 Å². The Morgan fingerprint density at radius 3 is 2.81 bits per heavy atom. The number of ether oxygens (including phenoxy) is 1. The molecule has 3 nitrogen and oxygen atoms in total. The zero-order chi connectivity index (χ0) is 11.2. The predicted octanol–water partition coefficient (Wildman–Crippen LogP) is 2.60. The summed E-state index contributed by atoms with van der Waals surface area (Å²) in [6, 6.07) is 1.80. The monoisotopic (exact) mass is 240 g/mol. The first kappa shape index (κ1) is 11.7. The molecule has 0 spiro atoms. The molecule has 1 aliphatic heterocycles. The molecule has 1 aromatic heterocycles. The summed E-state index contributed by atoms with van der Waals surface area (Å²) in [5, 5.41) is 0.621. The predicted molar refractivity (Wildman–Crippen MR) is 65.0 cm³/mol. The molecule has 1 aromatic rings. The minimum atomic E-state index is 0.621. The highest BCUT2D eigenvalue weighted by molar-refractivity contribution is 6.30. The highest BCUT2D eigenvalue weighted by atomic mass is 35.5. The summed E-state index contributed by atoms with van der Waals surface area (Å²) in [6.45, 7) is 4.11. The summed E-state index contributed by atoms with van der Waals surface area (Å²) >= 11 is 5.82. The molecule has 0 N–H and O–H groups in total. The molecule has 0 saturated carbocycles. The maximum absolute atomic E-state index is 5.82. The Morgan fingerprint density at radius 1 is 1.25 bits per heavy atom. The first-order chi connectivity index (χ1) is 7.84. The van der Waals surface area contributed by atoms with E-state index in [0.29, 0.717) is 11.6 Å². The molecular weight excluding hydrogens is 224 g/mol. The van der Waals surface area contributed by atoms with Gasteiger partial charge in [0.25, 0.3) is 0 Å². The lowest BCUT2D eigenvalue weighted by atomic mass is 10.1. The van der Waals surface area contributed by atoms with Crippen LogP contribution >= 0.6 is 11.6 Å². The van der Waals surface area contributed by atoms with Crippen molar-refractivity contribution in [2.45, 2.75) is 19.3 Å². The van der Waals surface area contributed by atoms with E-state index in [9.17, 15) is 0 Å². The maximum Gasteiger partial charge on any atom is 0.139 e. The number of piperidine rings is 1. The standard InChI is InChI=1S/C12H17ClN2O/c13-11-8-12(10-14-9-11)16-7-6-15-4-2-1-3-5-15/h8-10H,1-7H2. The minimum absolute atomic E-state index is 0.621. The summed E-state index contributed by atoms with van der Waals surface area (Å²) in [6.07, 6.45) is 7.31. The van der Waals surface area contributed by atoms with Gasteiger partial charge in [-0.05, 0) is 25.9 Å². The molecule has 0 atom stereocenters. The molecule has 0 radical (unpaired) electrons. The molecule has 1 aliphatic rings. The summed E-state index contributed by atoms with van der Waals surface area (Å²) in [5.74, 6) is 0.754. The average molecular weight is 241 g/mol. The van der Waals surface area contributed by atoms with Crippen LogP contribution in [0.25, 0.3) is 0 Å². The fraction of sp³-hybridized carbons (Fsp3) is 0.583. The lowest BCUT2D eigenvalue weighted by Gasteiger charge is -2.26. The quantitative estimate of drug-likeness (QED) is 0.809. The maximum atomic E-state index is 5.82. The molecule has 4 heteroatoms. The minimum Gasteiger partial charge on any atom is -0.491 e. The van der Waals surface area contributed by atoms with E-state index < -0.39 is 0 Å². The van der Waals surface area contributed by atoms with Crippen molar-refractivity contribution in [3.63, 3.8) is 0 Å². The fourth-order valence-electron chi connectivity index (χ4n) is 1.95. The molecule has 0 aliphatic carbocycles. The van der Waals surface area contributed by atoms with Gasteiger partial charge in [0.1, 0.15) is 12.4 Å². The molecule has 0 aromatic carbocycles. The van der Waals surface area contributed by atoms with Gasteiger partial charge in [0.15, 0.2) is 0 Å². The van der Waals surface area contributed by atoms with Gasteiger partial charge in [0.05, 0.1) is 11.2 Å². The molecule has 1 saturated heterocycles. The Labute approximate surface area is 101 Å². The lowest BCUT2D eigenvalue weighted by Crippen LogP contribution is -2.33. The van der Waals surface area contributed by atoms with Crippen LogP contribution in [-0.4, -0.2) is 36.1 Å². The molecule has 88 valence electrons. The highest BCUT2D eigenvalue weighted by Gasteiger charge is 2.09. The van der Waals surface area contributed by atoms with Crippen molar-refractivity contribution in [1.82, 2.24) is 9.88 Å². The van der Waals surface area contributed by atoms with Crippen molar-refractivity contribution < 1.29 is 4.74 Å². The number of hydrogen-bond donors (Lipinski definition) is 0. The molecule has 1 fully saturated rings. The van der Waals surface area contributed by atoms with Crippen LogP contribution in [0, 0.1) is 0 Å². The van der Waals surface area contributed by atoms with E-state index in [4.69, 9.17) is 16.3 Å². The largest absolute Gasteiger partial charge is 0.491 e. The van der Waals surface area contributed by atoms with E-state index >= 15 is 0 Å². The van der Waals surface area contributed by atoms with E-state index in [-0.39, 0.29) is 0 Å². The van der Waals surface area contributed by atoms with Crippen LogP contribution in [0.5, 0.6) is 5.75 Å². The number of pyridine rings is 1. The number of hydrogen-bond acceptors (Lipinski definition) is 3. The summed E-state index contributed by atoms with van der Waals surface area (Å²) in [4.78, 5) is 6.42. The SMILES string of the molecule is Clc1cncc(OCCN2CCCCC2)c1. The molecule has 2 rings (SSSR count). The van der Waals surface area contributed by atoms with Gasteiger partial charge in [-0.15, -0.1) is 0 Å². The zero-order valence-electron chi connectivity index (χ0n) is 9.36. The second kappa shape index (κ2) is 6.06. The number of halogens is 1. The van der Waals surface area contributed by atoms with Crippen molar-refractivity contribution in [2.75, 3.05) is 26.2 Å². The van der Waals surface area contributed by atoms with E-state index in [1.165, 1.54) is 32.4 Å². The van der Waals surface area contributed by atoms with Crippen LogP contribution < -0.4 is 4.74 Å². The third-order valence-electron chi connectivity index (χ3n) is 2.80. The van der Waals surface area contributed by atoms with Gasteiger partial charge in [-0.2, -0.15) is 0 Å². The van der Waals surface area contributed by atoms with Gasteiger partial charge >= 0.3 is 0 Å². The van der Waals surface area contributed by atoms with Crippen LogP contribution in [0.2, 0.25) is 5.02 Å². The van der Waals surface area contributed by atoms with Crippen molar-refractivity contribution in [1.29, 1.82) is 0 Å². The lowest BCUT2D eigenvalue weighted by molar-refractivity contribution is 0.183. The van der Waals surface area contributed by atoms with Gasteiger partial charge in [0.2, 0.25) is 0 Å². The van der Waals surface area contributed by atoms with Crippen LogP contribution in [0.3, 0.4) is 0 Å². The Kier molecular flexibility index (Phi) is 4.43. The van der Waals surface area contributed by atoms with Gasteiger partial charge in [-0.25, -0.2) is 0 Å². The van der Waals surface area contributed by atoms with Crippen LogP contribution in [0.15, 0.2) is 18.5 Å². The van der Waals surface area contributed by atoms with Gasteiger partial charge < -0.3 is 4.74 Å². The molecule has 16 heavy (non-hydrogen) atoms. The van der Waals surface area contributed by atoms with Gasteiger partial charge in [-0.1, -0.05) is 18.0 Å². The van der Waals surface area contributed by atoms with E-state index in [1.54, 1.807) is 18.5 Å². The highest BCUT2D eigenvalue weighted by Crippen LogP contribution is 2.15.